The molecule has 0 bridgehead atoms. The van der Waals surface area contributed by atoms with Gasteiger partial charge < -0.3 is 5.32 Å². The summed E-state index contributed by atoms with van der Waals surface area (Å²) in [5, 5.41) is 10.3. The highest BCUT2D eigenvalue weighted by Gasteiger charge is 2.21. The molecule has 0 heterocycles. The lowest BCUT2D eigenvalue weighted by molar-refractivity contribution is 0.407. The Balaban J connectivity index is 2.20. The van der Waals surface area contributed by atoms with Crippen molar-refractivity contribution in [2.24, 2.45) is 10.9 Å². The monoisotopic (exact) mass is 139 g/mol. The summed E-state index contributed by atoms with van der Waals surface area (Å²) in [5.74, 6) is 1.11. The van der Waals surface area contributed by atoms with Gasteiger partial charge >= 0.3 is 0 Å². The summed E-state index contributed by atoms with van der Waals surface area (Å²) in [4.78, 5) is 3.74. The summed E-state index contributed by atoms with van der Waals surface area (Å²) < 4.78 is 0. The summed E-state index contributed by atoms with van der Waals surface area (Å²) in [6, 6.07) is 0. The van der Waals surface area contributed by atoms with Crippen LogP contribution in [0, 0.1) is 11.3 Å². The van der Waals surface area contributed by atoms with E-state index in [1.165, 1.54) is 19.3 Å². The Morgan fingerprint density at radius 3 is 2.80 bits per heavy atom. The number of rotatable bonds is 2. The first-order valence-corrected chi connectivity index (χ1v) is 3.60. The average Bonchev–Trinajstić information content (AvgIpc) is 1.79. The van der Waals surface area contributed by atoms with Gasteiger partial charge in [-0.15, -0.1) is 0 Å². The molecule has 0 aromatic heterocycles. The van der Waals surface area contributed by atoms with E-state index >= 15 is 0 Å². The minimum absolute atomic E-state index is 0.484. The first-order valence-electron chi connectivity index (χ1n) is 3.60. The maximum Gasteiger partial charge on any atom is 0.101 e. The zero-order chi connectivity index (χ0) is 7.40. The van der Waals surface area contributed by atoms with Gasteiger partial charge in [0.15, 0.2) is 0 Å². The minimum Gasteiger partial charge on any atom is -0.335 e. The molecule has 1 aliphatic rings. The molecule has 1 aliphatic carbocycles. The first-order chi connectivity index (χ1) is 4.84. The molecule has 0 unspecified atom stereocenters. The molecular weight excluding hydrogens is 126 g/mol. The standard InChI is InChI=1S/C7H13N3/c1-9-5-10-7(8)6-3-2-4-6/h5-6H,2-4H2,1H3,(H2,8,9,10). The van der Waals surface area contributed by atoms with Gasteiger partial charge in [-0.25, -0.2) is 0 Å². The lowest BCUT2D eigenvalue weighted by Crippen LogP contribution is -2.32. The van der Waals surface area contributed by atoms with Crippen LogP contribution < -0.4 is 5.32 Å². The molecule has 0 aromatic rings. The molecule has 3 heteroatoms. The van der Waals surface area contributed by atoms with Crippen molar-refractivity contribution >= 4 is 12.2 Å². The number of hydrogen-bond acceptors (Lipinski definition) is 2. The maximum absolute atomic E-state index is 7.45. The second-order valence-electron chi connectivity index (χ2n) is 2.57. The van der Waals surface area contributed by atoms with Crippen molar-refractivity contribution in [3.63, 3.8) is 0 Å². The lowest BCUT2D eigenvalue weighted by atomic mass is 9.84. The molecule has 0 radical (unpaired) electrons. The van der Waals surface area contributed by atoms with Crippen LogP contribution in [0.4, 0.5) is 0 Å². The van der Waals surface area contributed by atoms with Crippen LogP contribution in [-0.2, 0) is 0 Å². The number of hydrogen-bond donors (Lipinski definition) is 2. The van der Waals surface area contributed by atoms with Crippen molar-refractivity contribution in [2.45, 2.75) is 19.3 Å². The van der Waals surface area contributed by atoms with E-state index < -0.39 is 0 Å². The van der Waals surface area contributed by atoms with E-state index in [2.05, 4.69) is 10.3 Å². The fourth-order valence-electron chi connectivity index (χ4n) is 0.949. The van der Waals surface area contributed by atoms with Gasteiger partial charge in [0.2, 0.25) is 0 Å². The van der Waals surface area contributed by atoms with E-state index in [0.717, 1.165) is 0 Å². The van der Waals surface area contributed by atoms with Crippen LogP contribution >= 0.6 is 0 Å². The molecule has 0 atom stereocenters. The minimum atomic E-state index is 0.484. The summed E-state index contributed by atoms with van der Waals surface area (Å²) >= 11 is 0. The van der Waals surface area contributed by atoms with Crippen LogP contribution in [-0.4, -0.2) is 19.2 Å². The second-order valence-corrected chi connectivity index (χ2v) is 2.57. The Labute approximate surface area is 61.1 Å². The first kappa shape index (κ1) is 7.25. The Hall–Kier alpha value is -0.860. The van der Waals surface area contributed by atoms with Gasteiger partial charge in [-0.2, -0.15) is 0 Å². The van der Waals surface area contributed by atoms with Gasteiger partial charge in [0, 0.05) is 13.0 Å². The second kappa shape index (κ2) is 3.34. The number of aliphatic imine (C=N–C) groups is 1. The Morgan fingerprint density at radius 2 is 2.40 bits per heavy atom. The Morgan fingerprint density at radius 1 is 1.70 bits per heavy atom. The quantitative estimate of drug-likeness (QED) is 0.435. The highest BCUT2D eigenvalue weighted by molar-refractivity contribution is 5.91. The predicted octanol–water partition coefficient (Wildman–Crippen LogP) is 1.01. The van der Waals surface area contributed by atoms with Gasteiger partial charge in [-0.05, 0) is 12.8 Å². The van der Waals surface area contributed by atoms with Crippen molar-refractivity contribution in [3.05, 3.63) is 0 Å². The molecular formula is C7H13N3. The highest BCUT2D eigenvalue weighted by atomic mass is 15.0. The third kappa shape index (κ3) is 1.56. The third-order valence-electron chi connectivity index (χ3n) is 1.86. The highest BCUT2D eigenvalue weighted by Crippen LogP contribution is 2.25. The molecule has 0 aliphatic heterocycles. The summed E-state index contributed by atoms with van der Waals surface area (Å²) in [6.45, 7) is 0. The molecule has 0 aromatic carbocycles. The molecule has 1 saturated carbocycles. The maximum atomic E-state index is 7.45. The lowest BCUT2D eigenvalue weighted by Gasteiger charge is -2.25. The fourth-order valence-corrected chi connectivity index (χ4v) is 0.949. The Kier molecular flexibility index (Phi) is 2.42. The van der Waals surface area contributed by atoms with Crippen molar-refractivity contribution in [1.82, 2.24) is 5.32 Å². The van der Waals surface area contributed by atoms with E-state index in [4.69, 9.17) is 5.41 Å². The average molecular weight is 139 g/mol. The topological polar surface area (TPSA) is 48.2 Å². The molecule has 10 heavy (non-hydrogen) atoms. The van der Waals surface area contributed by atoms with Crippen LogP contribution in [0.25, 0.3) is 0 Å². The SMILES string of the molecule is CN=CNC(=N)C1CCC1. The van der Waals surface area contributed by atoms with Gasteiger partial charge in [0.05, 0.1) is 6.34 Å². The predicted molar refractivity (Wildman–Crippen MR) is 42.6 cm³/mol. The van der Waals surface area contributed by atoms with Gasteiger partial charge in [-0.3, -0.25) is 10.4 Å². The van der Waals surface area contributed by atoms with Crippen LogP contribution in [0.5, 0.6) is 0 Å². The zero-order valence-corrected chi connectivity index (χ0v) is 6.22. The van der Waals surface area contributed by atoms with Gasteiger partial charge in [0.25, 0.3) is 0 Å². The van der Waals surface area contributed by atoms with Crippen LogP contribution in [0.1, 0.15) is 19.3 Å². The van der Waals surface area contributed by atoms with Gasteiger partial charge in [-0.1, -0.05) is 6.42 Å². The largest absolute Gasteiger partial charge is 0.335 e. The molecule has 0 spiro atoms. The number of amidine groups is 1. The zero-order valence-electron chi connectivity index (χ0n) is 6.22. The van der Waals surface area contributed by atoms with E-state index in [0.29, 0.717) is 11.8 Å². The summed E-state index contributed by atoms with van der Waals surface area (Å²) in [7, 11) is 1.70. The molecule has 2 N–H and O–H groups in total. The van der Waals surface area contributed by atoms with Crippen molar-refractivity contribution in [2.75, 3.05) is 7.05 Å². The van der Waals surface area contributed by atoms with E-state index in [1.54, 1.807) is 13.4 Å². The van der Waals surface area contributed by atoms with Gasteiger partial charge in [0.1, 0.15) is 5.84 Å². The number of nitrogens with zero attached hydrogens (tertiary/aromatic N) is 1. The van der Waals surface area contributed by atoms with E-state index in [9.17, 15) is 0 Å². The summed E-state index contributed by atoms with van der Waals surface area (Å²) in [6.07, 6.45) is 5.19. The summed E-state index contributed by atoms with van der Waals surface area (Å²) in [5.41, 5.74) is 0. The molecule has 1 rings (SSSR count). The van der Waals surface area contributed by atoms with Crippen LogP contribution in [0.15, 0.2) is 4.99 Å². The third-order valence-corrected chi connectivity index (χ3v) is 1.86. The normalized spacial score (nSPS) is 18.9. The van der Waals surface area contributed by atoms with E-state index in [1.807, 2.05) is 0 Å². The van der Waals surface area contributed by atoms with Crippen LogP contribution in [0.2, 0.25) is 0 Å². The smallest absolute Gasteiger partial charge is 0.101 e. The molecule has 0 saturated heterocycles. The molecule has 56 valence electrons. The molecule has 3 nitrogen and oxygen atoms in total. The number of nitrogens with one attached hydrogen (secondary N) is 2. The molecule has 0 amide bonds. The molecule has 1 fully saturated rings. The van der Waals surface area contributed by atoms with E-state index in [-0.39, 0.29) is 0 Å². The fraction of sp³-hybridized carbons (Fsp3) is 0.714. The van der Waals surface area contributed by atoms with Crippen molar-refractivity contribution in [1.29, 1.82) is 5.41 Å². The Bertz CT molecular complexity index is 147. The van der Waals surface area contributed by atoms with Crippen molar-refractivity contribution < 1.29 is 0 Å². The van der Waals surface area contributed by atoms with Crippen molar-refractivity contribution in [3.8, 4) is 0 Å². The van der Waals surface area contributed by atoms with Crippen LogP contribution in [0.3, 0.4) is 0 Å².